The molecule has 0 aromatic rings. The van der Waals surface area contributed by atoms with Gasteiger partial charge in [-0.1, -0.05) is 18.2 Å². The molecule has 0 saturated heterocycles. The Hall–Kier alpha value is -0.870. The topological polar surface area (TPSA) is 54.4 Å². The predicted octanol–water partition coefficient (Wildman–Crippen LogP) is 1.91. The second kappa shape index (κ2) is 4.23. The molecule has 0 aromatic heterocycles. The van der Waals surface area contributed by atoms with Crippen LogP contribution in [0.2, 0.25) is 0 Å². The molecule has 3 nitrogen and oxygen atoms in total. The Morgan fingerprint density at radius 2 is 1.83 bits per heavy atom. The molecule has 0 fully saturated rings. The highest BCUT2D eigenvalue weighted by molar-refractivity contribution is 7.90. The van der Waals surface area contributed by atoms with E-state index in [0.29, 0.717) is 0 Å². The molecule has 0 aromatic carbocycles. The van der Waals surface area contributed by atoms with Gasteiger partial charge in [0, 0.05) is 0 Å². The smallest absolute Gasteiger partial charge is 0.282 e. The Labute approximate surface area is 72.9 Å². The van der Waals surface area contributed by atoms with Crippen LogP contribution in [0, 0.1) is 0 Å². The van der Waals surface area contributed by atoms with Crippen LogP contribution < -0.4 is 0 Å². The molecule has 0 saturated carbocycles. The van der Waals surface area contributed by atoms with Crippen molar-refractivity contribution in [1.29, 1.82) is 0 Å². The highest BCUT2D eigenvalue weighted by Gasteiger charge is 2.07. The third-order valence-corrected chi connectivity index (χ3v) is 1.98. The second-order valence-electron chi connectivity index (χ2n) is 2.49. The summed E-state index contributed by atoms with van der Waals surface area (Å²) in [5.41, 5.74) is 0.943. The number of hydrogen-bond donors (Lipinski definition) is 1. The SMILES string of the molecule is C=C/C(=C\C=C(C)C)S(=O)(=O)O. The fourth-order valence-electron chi connectivity index (χ4n) is 0.508. The van der Waals surface area contributed by atoms with E-state index in [1.165, 1.54) is 6.08 Å². The molecule has 0 radical (unpaired) electrons. The molecule has 0 spiro atoms. The lowest BCUT2D eigenvalue weighted by atomic mass is 10.3. The minimum atomic E-state index is -4.11. The molecular formula is C8H12O3S. The van der Waals surface area contributed by atoms with Crippen molar-refractivity contribution in [2.24, 2.45) is 0 Å². The summed E-state index contributed by atoms with van der Waals surface area (Å²) in [6.07, 6.45) is 3.98. The number of rotatable bonds is 3. The van der Waals surface area contributed by atoms with Gasteiger partial charge >= 0.3 is 0 Å². The largest absolute Gasteiger partial charge is 0.294 e. The van der Waals surface area contributed by atoms with Gasteiger partial charge in [-0.25, -0.2) is 0 Å². The fourth-order valence-corrected chi connectivity index (χ4v) is 0.959. The average molecular weight is 188 g/mol. The van der Waals surface area contributed by atoms with Gasteiger partial charge in [0.05, 0.1) is 4.91 Å². The summed E-state index contributed by atoms with van der Waals surface area (Å²) in [5, 5.41) is 0. The van der Waals surface area contributed by atoms with E-state index >= 15 is 0 Å². The maximum atomic E-state index is 10.6. The Morgan fingerprint density at radius 3 is 2.08 bits per heavy atom. The Kier molecular flexibility index (Phi) is 3.92. The Morgan fingerprint density at radius 1 is 1.33 bits per heavy atom. The molecule has 68 valence electrons. The molecule has 0 rings (SSSR count). The van der Waals surface area contributed by atoms with Gasteiger partial charge in [0.25, 0.3) is 10.1 Å². The van der Waals surface area contributed by atoms with Gasteiger partial charge < -0.3 is 0 Å². The van der Waals surface area contributed by atoms with E-state index in [2.05, 4.69) is 6.58 Å². The van der Waals surface area contributed by atoms with E-state index in [0.717, 1.165) is 11.6 Å². The highest BCUT2D eigenvalue weighted by atomic mass is 32.2. The van der Waals surface area contributed by atoms with Crippen molar-refractivity contribution in [3.8, 4) is 0 Å². The fraction of sp³-hybridized carbons (Fsp3) is 0.250. The Balaban J connectivity index is 4.95. The molecule has 12 heavy (non-hydrogen) atoms. The zero-order valence-corrected chi connectivity index (χ0v) is 7.93. The van der Waals surface area contributed by atoms with Crippen molar-refractivity contribution in [1.82, 2.24) is 0 Å². The first-order valence-electron chi connectivity index (χ1n) is 3.33. The lowest BCUT2D eigenvalue weighted by Crippen LogP contribution is -1.98. The quantitative estimate of drug-likeness (QED) is 0.543. The van der Waals surface area contributed by atoms with Gasteiger partial charge in [-0.3, -0.25) is 4.55 Å². The normalized spacial score (nSPS) is 12.4. The standard InChI is InChI=1S/C8H12O3S/c1-4-8(12(9,10)11)6-5-7(2)3/h4-6H,1H2,2-3H3,(H,9,10,11)/b8-6+. The lowest BCUT2D eigenvalue weighted by molar-refractivity contribution is 0.492. The summed E-state index contributed by atoms with van der Waals surface area (Å²) < 4.78 is 29.7. The van der Waals surface area contributed by atoms with Crippen LogP contribution in [-0.2, 0) is 10.1 Å². The van der Waals surface area contributed by atoms with Gasteiger partial charge in [0.2, 0.25) is 0 Å². The van der Waals surface area contributed by atoms with E-state index in [1.54, 1.807) is 6.08 Å². The van der Waals surface area contributed by atoms with Gasteiger partial charge in [-0.05, 0) is 26.0 Å². The maximum absolute atomic E-state index is 10.6. The van der Waals surface area contributed by atoms with Crippen LogP contribution in [0.5, 0.6) is 0 Å². The molecule has 0 atom stereocenters. The summed E-state index contributed by atoms with van der Waals surface area (Å²) in [5.74, 6) is 0. The van der Waals surface area contributed by atoms with Crippen LogP contribution in [0.4, 0.5) is 0 Å². The van der Waals surface area contributed by atoms with E-state index in [4.69, 9.17) is 4.55 Å². The lowest BCUT2D eigenvalue weighted by Gasteiger charge is -1.93. The molecule has 0 aliphatic rings. The van der Waals surface area contributed by atoms with Gasteiger partial charge in [-0.2, -0.15) is 8.42 Å². The minimum Gasteiger partial charge on any atom is -0.282 e. The summed E-state index contributed by atoms with van der Waals surface area (Å²) in [6, 6.07) is 0. The van der Waals surface area contributed by atoms with Gasteiger partial charge in [-0.15, -0.1) is 0 Å². The van der Waals surface area contributed by atoms with Crippen molar-refractivity contribution in [3.05, 3.63) is 35.3 Å². The van der Waals surface area contributed by atoms with Crippen LogP contribution in [0.1, 0.15) is 13.8 Å². The van der Waals surface area contributed by atoms with Crippen molar-refractivity contribution in [2.45, 2.75) is 13.8 Å². The number of hydrogen-bond acceptors (Lipinski definition) is 2. The third-order valence-electron chi connectivity index (χ3n) is 1.08. The van der Waals surface area contributed by atoms with Gasteiger partial charge in [0.1, 0.15) is 0 Å². The first kappa shape index (κ1) is 11.1. The molecular weight excluding hydrogens is 176 g/mol. The molecule has 0 bridgehead atoms. The molecule has 0 aliphatic heterocycles. The molecule has 1 N–H and O–H groups in total. The predicted molar refractivity (Wildman–Crippen MR) is 49.3 cm³/mol. The van der Waals surface area contributed by atoms with Crippen molar-refractivity contribution in [3.63, 3.8) is 0 Å². The van der Waals surface area contributed by atoms with E-state index < -0.39 is 10.1 Å². The zero-order chi connectivity index (χ0) is 9.78. The van der Waals surface area contributed by atoms with Crippen LogP contribution in [0.25, 0.3) is 0 Å². The van der Waals surface area contributed by atoms with Crippen LogP contribution in [0.15, 0.2) is 35.3 Å². The summed E-state index contributed by atoms with van der Waals surface area (Å²) in [6.45, 7) is 6.91. The Bertz CT molecular complexity index is 316. The molecule has 4 heteroatoms. The van der Waals surface area contributed by atoms with Crippen molar-refractivity contribution >= 4 is 10.1 Å². The number of allylic oxidation sites excluding steroid dienone is 4. The third kappa shape index (κ3) is 4.10. The molecule has 0 unspecified atom stereocenters. The molecule has 0 aliphatic carbocycles. The zero-order valence-electron chi connectivity index (χ0n) is 7.11. The van der Waals surface area contributed by atoms with E-state index in [1.807, 2.05) is 13.8 Å². The molecule has 0 amide bonds. The van der Waals surface area contributed by atoms with Crippen molar-refractivity contribution in [2.75, 3.05) is 0 Å². The van der Waals surface area contributed by atoms with Crippen LogP contribution in [0.3, 0.4) is 0 Å². The minimum absolute atomic E-state index is 0.191. The maximum Gasteiger partial charge on any atom is 0.294 e. The summed E-state index contributed by atoms with van der Waals surface area (Å²) in [4.78, 5) is -0.191. The summed E-state index contributed by atoms with van der Waals surface area (Å²) >= 11 is 0. The van der Waals surface area contributed by atoms with E-state index in [-0.39, 0.29) is 4.91 Å². The average Bonchev–Trinajstić information content (AvgIpc) is 1.85. The van der Waals surface area contributed by atoms with Gasteiger partial charge in [0.15, 0.2) is 0 Å². The van der Waals surface area contributed by atoms with Crippen molar-refractivity contribution < 1.29 is 13.0 Å². The first-order chi connectivity index (χ1) is 5.38. The second-order valence-corrected chi connectivity index (χ2v) is 3.91. The highest BCUT2D eigenvalue weighted by Crippen LogP contribution is 2.05. The first-order valence-corrected chi connectivity index (χ1v) is 4.77. The molecule has 0 heterocycles. The van der Waals surface area contributed by atoms with E-state index in [9.17, 15) is 8.42 Å². The van der Waals surface area contributed by atoms with Crippen LogP contribution in [-0.4, -0.2) is 13.0 Å². The monoisotopic (exact) mass is 188 g/mol. The summed E-state index contributed by atoms with van der Waals surface area (Å²) in [7, 11) is -4.11. The van der Waals surface area contributed by atoms with Crippen LogP contribution >= 0.6 is 0 Å².